The Morgan fingerprint density at radius 3 is 2.37 bits per heavy atom. The van der Waals surface area contributed by atoms with Crippen molar-refractivity contribution in [2.24, 2.45) is 34.8 Å². The molecule has 3 amide bonds. The van der Waals surface area contributed by atoms with E-state index >= 15 is 0 Å². The summed E-state index contributed by atoms with van der Waals surface area (Å²) < 4.78 is 48.7. The molecule has 2 heterocycles. The van der Waals surface area contributed by atoms with Crippen LogP contribution in [0, 0.1) is 29.1 Å². The van der Waals surface area contributed by atoms with Crippen molar-refractivity contribution in [3.05, 3.63) is 23.8 Å². The average molecular weight is 768 g/mol. The van der Waals surface area contributed by atoms with Gasteiger partial charge in [0.2, 0.25) is 18.6 Å². The van der Waals surface area contributed by atoms with Crippen molar-refractivity contribution < 1.29 is 61.8 Å². The number of ether oxygens (including phenoxy) is 9. The molecule has 1 aromatic carbocycles. The smallest absolute Gasteiger partial charge is 0.493 e. The molecule has 1 unspecified atom stereocenters. The number of nitrogens with zero attached hydrogens (tertiary/aromatic N) is 1. The van der Waals surface area contributed by atoms with Crippen LogP contribution < -0.4 is 20.5 Å². The Labute approximate surface area is 318 Å². The van der Waals surface area contributed by atoms with Gasteiger partial charge < -0.3 is 53.7 Å². The topological polar surface area (TPSA) is 193 Å². The molecule has 5 atom stereocenters. The molecule has 3 rings (SSSR count). The number of carbonyl (C=O) groups is 4. The first-order chi connectivity index (χ1) is 25.7. The maximum atomic E-state index is 13.5. The number of primary amides is 1. The van der Waals surface area contributed by atoms with Gasteiger partial charge in [-0.05, 0) is 68.6 Å². The third-order valence-electron chi connectivity index (χ3n) is 9.89. The fourth-order valence-corrected chi connectivity index (χ4v) is 6.17. The van der Waals surface area contributed by atoms with Crippen molar-refractivity contribution in [3.8, 4) is 11.5 Å². The van der Waals surface area contributed by atoms with Crippen LogP contribution in [0.25, 0.3) is 0 Å². The zero-order chi connectivity index (χ0) is 39.8. The lowest BCUT2D eigenvalue weighted by molar-refractivity contribution is -0.130. The zero-order valence-corrected chi connectivity index (χ0v) is 33.1. The number of benzene rings is 1. The molecule has 2 aliphatic rings. The van der Waals surface area contributed by atoms with Crippen molar-refractivity contribution in [2.45, 2.75) is 85.5 Å². The molecule has 0 saturated carbocycles. The Morgan fingerprint density at radius 2 is 1.74 bits per heavy atom. The first-order valence-corrected chi connectivity index (χ1v) is 18.6. The van der Waals surface area contributed by atoms with E-state index in [1.54, 1.807) is 28.1 Å². The Hall–Kier alpha value is -3.86. The number of methoxy groups -OCH3 is 2. The van der Waals surface area contributed by atoms with Gasteiger partial charge in [-0.25, -0.2) is 9.59 Å². The molecule has 306 valence electrons. The lowest BCUT2D eigenvalue weighted by Crippen LogP contribution is -2.47. The summed E-state index contributed by atoms with van der Waals surface area (Å²) in [4.78, 5) is 52.6. The summed E-state index contributed by atoms with van der Waals surface area (Å²) in [7, 11) is 3.24. The fourth-order valence-electron chi connectivity index (χ4n) is 6.17. The summed E-state index contributed by atoms with van der Waals surface area (Å²) in [6.45, 7) is 12.2. The number of nitrogens with one attached hydrogen (secondary N) is 1. The van der Waals surface area contributed by atoms with Gasteiger partial charge in [0.1, 0.15) is 26.2 Å². The van der Waals surface area contributed by atoms with E-state index in [9.17, 15) is 19.2 Å². The summed E-state index contributed by atoms with van der Waals surface area (Å²) in [5, 5.41) is 2.90. The van der Waals surface area contributed by atoms with E-state index in [4.69, 9.17) is 48.4 Å². The molecule has 0 aromatic heterocycles. The minimum atomic E-state index is -1.02. The Morgan fingerprint density at radius 1 is 0.981 bits per heavy atom. The fraction of sp³-hybridized carbons (Fsp3) is 0.737. The average Bonchev–Trinajstić information content (AvgIpc) is 3.80. The highest BCUT2D eigenvalue weighted by Gasteiger charge is 2.43. The molecule has 0 spiro atoms. The van der Waals surface area contributed by atoms with Crippen molar-refractivity contribution in [1.29, 1.82) is 0 Å². The quantitative estimate of drug-likeness (QED) is 0.0968. The van der Waals surface area contributed by atoms with E-state index in [2.05, 4.69) is 19.2 Å². The number of amides is 3. The lowest BCUT2D eigenvalue weighted by atomic mass is 9.80. The second-order valence-corrected chi connectivity index (χ2v) is 15.1. The molecule has 0 aliphatic carbocycles. The predicted octanol–water partition coefficient (Wildman–Crippen LogP) is 4.25. The minimum Gasteiger partial charge on any atom is -0.493 e. The maximum Gasteiger partial charge on any atom is 0.511 e. The highest BCUT2D eigenvalue weighted by atomic mass is 16.8. The van der Waals surface area contributed by atoms with Crippen LogP contribution in [0.2, 0.25) is 0 Å². The summed E-state index contributed by atoms with van der Waals surface area (Å²) in [5.74, 6) is 0.156. The molecule has 0 radical (unpaired) electrons. The Balaban J connectivity index is 1.79. The molecule has 54 heavy (non-hydrogen) atoms. The summed E-state index contributed by atoms with van der Waals surface area (Å²) in [6, 6.07) is 5.37. The minimum absolute atomic E-state index is 0.0555. The van der Waals surface area contributed by atoms with Gasteiger partial charge in [0, 0.05) is 32.6 Å². The van der Waals surface area contributed by atoms with Gasteiger partial charge in [-0.3, -0.25) is 14.5 Å². The highest BCUT2D eigenvalue weighted by molar-refractivity contribution is 5.83. The number of rotatable bonds is 22. The molecule has 0 bridgehead atoms. The second kappa shape index (κ2) is 21.9. The summed E-state index contributed by atoms with van der Waals surface area (Å²) in [5.41, 5.74) is 5.63. The third kappa shape index (κ3) is 13.8. The van der Waals surface area contributed by atoms with Gasteiger partial charge in [-0.1, -0.05) is 33.8 Å². The van der Waals surface area contributed by atoms with Gasteiger partial charge in [0.05, 0.1) is 37.9 Å². The molecule has 2 fully saturated rings. The molecule has 16 heteroatoms. The zero-order valence-electron chi connectivity index (χ0n) is 33.1. The molecule has 2 aliphatic heterocycles. The van der Waals surface area contributed by atoms with Gasteiger partial charge in [0.25, 0.3) is 0 Å². The van der Waals surface area contributed by atoms with Crippen LogP contribution in [-0.2, 0) is 49.2 Å². The van der Waals surface area contributed by atoms with Crippen LogP contribution in [0.4, 0.5) is 9.59 Å². The third-order valence-corrected chi connectivity index (χ3v) is 9.89. The van der Waals surface area contributed by atoms with Gasteiger partial charge in [-0.15, -0.1) is 0 Å². The van der Waals surface area contributed by atoms with E-state index in [1.807, 2.05) is 32.0 Å². The molecule has 16 nitrogen and oxygen atoms in total. The van der Waals surface area contributed by atoms with E-state index in [-0.39, 0.29) is 50.3 Å². The highest BCUT2D eigenvalue weighted by Crippen LogP contribution is 2.36. The van der Waals surface area contributed by atoms with Gasteiger partial charge in [0.15, 0.2) is 11.5 Å². The van der Waals surface area contributed by atoms with Gasteiger partial charge in [-0.2, -0.15) is 0 Å². The SMILES string of the molecule is COCCCOc1cc(C[C@@H](C[C@H]2[C@H](C[C@H](C(=O)NCC(C)(C)C(N)=O)C(C)C)OCN2C(=O)OCOC(=O)OCC2COCO2)C(C)C)ccc1OC. The van der Waals surface area contributed by atoms with Crippen molar-refractivity contribution >= 4 is 24.1 Å². The normalized spacial score (nSPS) is 19.7. The molecular formula is C38H61N3O13. The summed E-state index contributed by atoms with van der Waals surface area (Å²) in [6.07, 6.45) is -0.480. The van der Waals surface area contributed by atoms with Gasteiger partial charge >= 0.3 is 12.2 Å². The number of nitrogens with two attached hydrogens (primary N) is 1. The first kappa shape index (κ1) is 44.5. The number of hydrogen-bond donors (Lipinski definition) is 2. The maximum absolute atomic E-state index is 13.5. The van der Waals surface area contributed by atoms with E-state index < -0.39 is 54.5 Å². The van der Waals surface area contributed by atoms with E-state index in [1.165, 1.54) is 4.90 Å². The van der Waals surface area contributed by atoms with Crippen molar-refractivity contribution in [3.63, 3.8) is 0 Å². The molecule has 3 N–H and O–H groups in total. The van der Waals surface area contributed by atoms with Crippen LogP contribution in [-0.4, -0.2) is 115 Å². The van der Waals surface area contributed by atoms with Crippen LogP contribution >= 0.6 is 0 Å². The van der Waals surface area contributed by atoms with E-state index in [0.717, 1.165) is 12.0 Å². The predicted molar refractivity (Wildman–Crippen MR) is 195 cm³/mol. The largest absolute Gasteiger partial charge is 0.511 e. The summed E-state index contributed by atoms with van der Waals surface area (Å²) >= 11 is 0. The van der Waals surface area contributed by atoms with Crippen molar-refractivity contribution in [2.75, 3.05) is 67.5 Å². The number of carbonyl (C=O) groups excluding carboxylic acids is 4. The monoisotopic (exact) mass is 767 g/mol. The Bertz CT molecular complexity index is 1350. The lowest BCUT2D eigenvalue weighted by Gasteiger charge is -2.33. The standard InChI is InChI=1S/C38H61N3O13/c1-24(2)27(14-26-10-11-31(47-8)33(15-26)49-13-9-12-46-7)16-30-32(17-29(25(3)4)34(42)40-20-38(5,6)35(39)43)51-21-41(30)36(44)53-23-54-37(45)50-19-28-18-48-22-52-28/h10-11,15,24-25,27-30,32H,9,12-14,16-23H2,1-8H3,(H2,39,43)(H,40,42)/t27-,28?,29-,30-,32-/m0/s1. The number of hydrogen-bond acceptors (Lipinski definition) is 13. The molecule has 1 aromatic rings. The Kier molecular flexibility index (Phi) is 18.0. The van der Waals surface area contributed by atoms with E-state index in [0.29, 0.717) is 50.6 Å². The second-order valence-electron chi connectivity index (χ2n) is 15.1. The van der Waals surface area contributed by atoms with Crippen LogP contribution in [0.1, 0.15) is 66.4 Å². The van der Waals surface area contributed by atoms with Crippen molar-refractivity contribution in [1.82, 2.24) is 10.2 Å². The molecule has 2 saturated heterocycles. The molecular weight excluding hydrogens is 706 g/mol. The first-order valence-electron chi connectivity index (χ1n) is 18.6. The van der Waals surface area contributed by atoms with Crippen LogP contribution in [0.5, 0.6) is 11.5 Å². The van der Waals surface area contributed by atoms with Crippen LogP contribution in [0.15, 0.2) is 18.2 Å². The van der Waals surface area contributed by atoms with Crippen LogP contribution in [0.3, 0.4) is 0 Å².